The summed E-state index contributed by atoms with van der Waals surface area (Å²) in [7, 11) is 0. The van der Waals surface area contributed by atoms with Gasteiger partial charge in [-0.15, -0.1) is 0 Å². The normalized spacial score (nSPS) is 29.4. The molecule has 2 atom stereocenters. The molecule has 2 heterocycles. The Morgan fingerprint density at radius 3 is 3.08 bits per heavy atom. The molecule has 0 amide bonds. The average Bonchev–Trinajstić information content (AvgIpc) is 2.74. The quantitative estimate of drug-likeness (QED) is 0.577. The molecule has 0 aromatic rings. The molecule has 0 aromatic heterocycles. The SMILES string of the molecule is [CH2]CC(CC1CO1)N1C=NCC1. The van der Waals surface area contributed by atoms with Crippen molar-refractivity contribution in [3.8, 4) is 0 Å². The van der Waals surface area contributed by atoms with Gasteiger partial charge in [0.25, 0.3) is 0 Å². The molecule has 2 aliphatic heterocycles. The summed E-state index contributed by atoms with van der Waals surface area (Å²) in [5.74, 6) is 0. The lowest BCUT2D eigenvalue weighted by atomic mass is 10.1. The third-order valence-corrected chi connectivity index (χ3v) is 2.46. The largest absolute Gasteiger partial charge is 0.373 e. The van der Waals surface area contributed by atoms with Crippen LogP contribution in [0.1, 0.15) is 12.8 Å². The van der Waals surface area contributed by atoms with Gasteiger partial charge in [-0.05, 0) is 12.8 Å². The number of hydrogen-bond acceptors (Lipinski definition) is 3. The summed E-state index contributed by atoms with van der Waals surface area (Å²) in [5, 5.41) is 0. The maximum absolute atomic E-state index is 5.20. The van der Waals surface area contributed by atoms with Gasteiger partial charge < -0.3 is 9.64 Å². The highest BCUT2D eigenvalue weighted by atomic mass is 16.6. The molecule has 0 spiro atoms. The van der Waals surface area contributed by atoms with E-state index >= 15 is 0 Å². The summed E-state index contributed by atoms with van der Waals surface area (Å²) >= 11 is 0. The van der Waals surface area contributed by atoms with Crippen molar-refractivity contribution in [2.24, 2.45) is 4.99 Å². The first-order valence-corrected chi connectivity index (χ1v) is 4.56. The predicted molar refractivity (Wildman–Crippen MR) is 48.2 cm³/mol. The molecule has 0 N–H and O–H groups in total. The van der Waals surface area contributed by atoms with Crippen LogP contribution >= 0.6 is 0 Å². The maximum atomic E-state index is 5.20. The number of nitrogens with zero attached hydrogens (tertiary/aromatic N) is 2. The molecule has 1 saturated heterocycles. The number of ether oxygens (including phenoxy) is 1. The Morgan fingerprint density at radius 1 is 1.75 bits per heavy atom. The van der Waals surface area contributed by atoms with Crippen LogP contribution in [0.3, 0.4) is 0 Å². The van der Waals surface area contributed by atoms with E-state index in [0.29, 0.717) is 12.1 Å². The minimum absolute atomic E-state index is 0.505. The van der Waals surface area contributed by atoms with Gasteiger partial charge in [-0.1, -0.05) is 6.92 Å². The van der Waals surface area contributed by atoms with Crippen LogP contribution in [0.5, 0.6) is 0 Å². The Balaban J connectivity index is 1.83. The van der Waals surface area contributed by atoms with Gasteiger partial charge in [0.15, 0.2) is 0 Å². The fourth-order valence-corrected chi connectivity index (χ4v) is 1.60. The second kappa shape index (κ2) is 3.44. The Labute approximate surface area is 73.4 Å². The van der Waals surface area contributed by atoms with Crippen LogP contribution in [0.25, 0.3) is 0 Å². The average molecular weight is 167 g/mol. The highest BCUT2D eigenvalue weighted by molar-refractivity contribution is 5.57. The van der Waals surface area contributed by atoms with Gasteiger partial charge in [-0.25, -0.2) is 0 Å². The molecule has 2 aliphatic rings. The van der Waals surface area contributed by atoms with E-state index in [-0.39, 0.29) is 0 Å². The van der Waals surface area contributed by atoms with E-state index in [0.717, 1.165) is 32.5 Å². The smallest absolute Gasteiger partial charge is 0.0853 e. The zero-order valence-electron chi connectivity index (χ0n) is 7.28. The van der Waals surface area contributed by atoms with Gasteiger partial charge in [-0.3, -0.25) is 4.99 Å². The van der Waals surface area contributed by atoms with E-state index < -0.39 is 0 Å². The molecule has 67 valence electrons. The van der Waals surface area contributed by atoms with Crippen molar-refractivity contribution in [1.29, 1.82) is 0 Å². The lowest BCUT2D eigenvalue weighted by Crippen LogP contribution is -2.33. The van der Waals surface area contributed by atoms with E-state index in [1.165, 1.54) is 0 Å². The van der Waals surface area contributed by atoms with Crippen molar-refractivity contribution in [3.63, 3.8) is 0 Å². The number of hydrogen-bond donors (Lipinski definition) is 0. The van der Waals surface area contributed by atoms with Crippen LogP contribution in [0.4, 0.5) is 0 Å². The summed E-state index contributed by atoms with van der Waals surface area (Å²) in [6.45, 7) is 6.91. The van der Waals surface area contributed by atoms with Crippen molar-refractivity contribution in [3.05, 3.63) is 6.92 Å². The highest BCUT2D eigenvalue weighted by Gasteiger charge is 2.28. The minimum atomic E-state index is 0.505. The zero-order valence-corrected chi connectivity index (χ0v) is 7.28. The van der Waals surface area contributed by atoms with E-state index in [1.54, 1.807) is 0 Å². The van der Waals surface area contributed by atoms with Crippen LogP contribution in [0.15, 0.2) is 4.99 Å². The van der Waals surface area contributed by atoms with E-state index in [9.17, 15) is 0 Å². The first-order chi connectivity index (χ1) is 5.90. The molecule has 0 aromatic carbocycles. The van der Waals surface area contributed by atoms with E-state index in [1.807, 2.05) is 6.34 Å². The number of epoxide rings is 1. The van der Waals surface area contributed by atoms with Gasteiger partial charge in [-0.2, -0.15) is 0 Å². The van der Waals surface area contributed by atoms with Gasteiger partial charge in [0, 0.05) is 12.6 Å². The molecular formula is C9H15N2O. The molecule has 12 heavy (non-hydrogen) atoms. The minimum Gasteiger partial charge on any atom is -0.373 e. The summed E-state index contributed by atoms with van der Waals surface area (Å²) in [6.07, 6.45) is 4.53. The summed E-state index contributed by atoms with van der Waals surface area (Å²) in [5.41, 5.74) is 0. The van der Waals surface area contributed by atoms with E-state index in [2.05, 4.69) is 16.8 Å². The monoisotopic (exact) mass is 167 g/mol. The van der Waals surface area contributed by atoms with Crippen LogP contribution in [0.2, 0.25) is 0 Å². The molecule has 3 heteroatoms. The first-order valence-electron chi connectivity index (χ1n) is 4.56. The Bertz CT molecular complexity index is 177. The molecule has 0 bridgehead atoms. The fourth-order valence-electron chi connectivity index (χ4n) is 1.60. The van der Waals surface area contributed by atoms with Crippen molar-refractivity contribution in [2.75, 3.05) is 19.7 Å². The first kappa shape index (κ1) is 8.05. The molecule has 2 unspecified atom stereocenters. The second-order valence-electron chi connectivity index (χ2n) is 3.39. The molecule has 3 nitrogen and oxygen atoms in total. The van der Waals surface area contributed by atoms with Crippen LogP contribution in [-0.2, 0) is 4.74 Å². The van der Waals surface area contributed by atoms with Crippen molar-refractivity contribution < 1.29 is 4.74 Å². The third kappa shape index (κ3) is 1.78. The maximum Gasteiger partial charge on any atom is 0.0853 e. The summed E-state index contributed by atoms with van der Waals surface area (Å²) < 4.78 is 5.20. The number of aliphatic imine (C=N–C) groups is 1. The second-order valence-corrected chi connectivity index (χ2v) is 3.39. The Hall–Kier alpha value is -0.570. The zero-order chi connectivity index (χ0) is 8.39. The predicted octanol–water partition coefficient (Wildman–Crippen LogP) is 0.712. The van der Waals surface area contributed by atoms with Crippen LogP contribution < -0.4 is 0 Å². The molecule has 0 saturated carbocycles. The molecule has 2 rings (SSSR count). The van der Waals surface area contributed by atoms with E-state index in [4.69, 9.17) is 4.74 Å². The standard InChI is InChI=1S/C9H15N2O/c1-2-8(5-9-6-12-9)11-4-3-10-7-11/h7-9H,1-6H2. The van der Waals surface area contributed by atoms with Crippen LogP contribution in [0, 0.1) is 6.92 Å². The topological polar surface area (TPSA) is 28.1 Å². The summed E-state index contributed by atoms with van der Waals surface area (Å²) in [4.78, 5) is 6.48. The van der Waals surface area contributed by atoms with Crippen LogP contribution in [-0.4, -0.2) is 43.1 Å². The fraction of sp³-hybridized carbons (Fsp3) is 0.778. The van der Waals surface area contributed by atoms with Crippen molar-refractivity contribution in [1.82, 2.24) is 4.90 Å². The molecular weight excluding hydrogens is 152 g/mol. The van der Waals surface area contributed by atoms with Crippen molar-refractivity contribution in [2.45, 2.75) is 25.0 Å². The Morgan fingerprint density at radius 2 is 2.58 bits per heavy atom. The van der Waals surface area contributed by atoms with Gasteiger partial charge in [0.05, 0.1) is 25.6 Å². The van der Waals surface area contributed by atoms with Gasteiger partial charge in [0.1, 0.15) is 0 Å². The summed E-state index contributed by atoms with van der Waals surface area (Å²) in [6, 6.07) is 0.545. The lowest BCUT2D eigenvalue weighted by Gasteiger charge is -2.24. The Kier molecular flexibility index (Phi) is 2.30. The molecule has 0 aliphatic carbocycles. The number of rotatable bonds is 4. The lowest BCUT2D eigenvalue weighted by molar-refractivity contribution is 0.286. The molecule has 1 fully saturated rings. The highest BCUT2D eigenvalue weighted by Crippen LogP contribution is 2.20. The van der Waals surface area contributed by atoms with Crippen molar-refractivity contribution >= 4 is 6.34 Å². The van der Waals surface area contributed by atoms with Gasteiger partial charge >= 0.3 is 0 Å². The molecule has 1 radical (unpaired) electrons. The third-order valence-electron chi connectivity index (χ3n) is 2.46. The van der Waals surface area contributed by atoms with Gasteiger partial charge in [0.2, 0.25) is 0 Å².